The summed E-state index contributed by atoms with van der Waals surface area (Å²) in [7, 11) is 0. The standard InChI is InChI=1S/C14H26N4O7S/c1-7(20)11(18-12(23)8(15)3-4-26-2)14(25)17-9(6-19)13(24)16-5-10(21)22/h7-9,11,19-20H,3-6,15H2,1-2H3,(H,16,24)(H,17,25)(H,18,23)(H,21,22). The largest absolute Gasteiger partial charge is 0.480 e. The molecule has 12 heteroatoms. The number of carbonyl (C=O) groups excluding carboxylic acids is 3. The fourth-order valence-electron chi connectivity index (χ4n) is 1.78. The van der Waals surface area contributed by atoms with Crippen molar-refractivity contribution in [2.24, 2.45) is 5.73 Å². The Balaban J connectivity index is 4.86. The third-order valence-corrected chi connectivity index (χ3v) is 3.91. The Morgan fingerprint density at radius 3 is 2.19 bits per heavy atom. The summed E-state index contributed by atoms with van der Waals surface area (Å²) in [5.74, 6) is -3.15. The summed E-state index contributed by atoms with van der Waals surface area (Å²) < 4.78 is 0. The lowest BCUT2D eigenvalue weighted by atomic mass is 10.1. The van der Waals surface area contributed by atoms with E-state index in [1.807, 2.05) is 11.6 Å². The van der Waals surface area contributed by atoms with E-state index in [0.29, 0.717) is 12.2 Å². The molecule has 11 nitrogen and oxygen atoms in total. The van der Waals surface area contributed by atoms with Gasteiger partial charge in [-0.25, -0.2) is 0 Å². The minimum atomic E-state index is -1.44. The van der Waals surface area contributed by atoms with Crippen molar-refractivity contribution in [1.29, 1.82) is 0 Å². The van der Waals surface area contributed by atoms with Gasteiger partial charge in [0.25, 0.3) is 0 Å². The van der Waals surface area contributed by atoms with Crippen LogP contribution in [0, 0.1) is 0 Å². The van der Waals surface area contributed by atoms with Crippen molar-refractivity contribution in [1.82, 2.24) is 16.0 Å². The molecular formula is C14H26N4O7S. The van der Waals surface area contributed by atoms with E-state index in [1.165, 1.54) is 18.7 Å². The van der Waals surface area contributed by atoms with E-state index in [-0.39, 0.29) is 0 Å². The Hall–Kier alpha value is -1.89. The van der Waals surface area contributed by atoms with Crippen molar-refractivity contribution in [3.8, 4) is 0 Å². The van der Waals surface area contributed by atoms with Crippen LogP contribution in [0.3, 0.4) is 0 Å². The molecule has 0 aliphatic heterocycles. The molecule has 0 spiro atoms. The molecule has 0 aliphatic rings. The lowest BCUT2D eigenvalue weighted by Crippen LogP contribution is -2.59. The van der Waals surface area contributed by atoms with Crippen molar-refractivity contribution < 1.29 is 34.5 Å². The molecule has 150 valence electrons. The number of carboxylic acid groups (broad SMARTS) is 1. The topological polar surface area (TPSA) is 191 Å². The number of aliphatic hydroxyl groups excluding tert-OH is 2. The molecule has 0 aromatic rings. The molecule has 0 heterocycles. The zero-order valence-corrected chi connectivity index (χ0v) is 15.4. The summed E-state index contributed by atoms with van der Waals surface area (Å²) in [5, 5.41) is 33.9. The first-order valence-electron chi connectivity index (χ1n) is 7.77. The lowest BCUT2D eigenvalue weighted by Gasteiger charge is -2.24. The summed E-state index contributed by atoms with van der Waals surface area (Å²) in [6.45, 7) is -0.229. The van der Waals surface area contributed by atoms with Gasteiger partial charge in [0.05, 0.1) is 18.8 Å². The Bertz CT molecular complexity index is 504. The Morgan fingerprint density at radius 1 is 1.12 bits per heavy atom. The van der Waals surface area contributed by atoms with Gasteiger partial charge in [-0.2, -0.15) is 11.8 Å². The highest BCUT2D eigenvalue weighted by Crippen LogP contribution is 2.01. The molecule has 0 aromatic carbocycles. The summed E-state index contributed by atoms with van der Waals surface area (Å²) in [6.07, 6.45) is 0.923. The van der Waals surface area contributed by atoms with Crippen LogP contribution in [0.2, 0.25) is 0 Å². The first-order chi connectivity index (χ1) is 12.1. The summed E-state index contributed by atoms with van der Waals surface area (Å²) in [4.78, 5) is 46.4. The average Bonchev–Trinajstić information content (AvgIpc) is 2.58. The van der Waals surface area contributed by atoms with Crippen LogP contribution in [-0.4, -0.2) is 88.4 Å². The van der Waals surface area contributed by atoms with Crippen LogP contribution >= 0.6 is 11.8 Å². The molecule has 0 saturated carbocycles. The molecule has 0 fully saturated rings. The van der Waals surface area contributed by atoms with Crippen LogP contribution in [0.25, 0.3) is 0 Å². The van der Waals surface area contributed by atoms with Gasteiger partial charge < -0.3 is 37.0 Å². The van der Waals surface area contributed by atoms with E-state index >= 15 is 0 Å². The first kappa shape index (κ1) is 24.1. The maximum Gasteiger partial charge on any atom is 0.322 e. The van der Waals surface area contributed by atoms with Crippen LogP contribution in [0.1, 0.15) is 13.3 Å². The minimum absolute atomic E-state index is 0.373. The van der Waals surface area contributed by atoms with Crippen molar-refractivity contribution in [3.05, 3.63) is 0 Å². The number of aliphatic carboxylic acids is 1. The van der Waals surface area contributed by atoms with Crippen LogP contribution in [0.15, 0.2) is 0 Å². The molecule has 0 aromatic heterocycles. The number of hydrogen-bond donors (Lipinski definition) is 7. The van der Waals surface area contributed by atoms with Gasteiger partial charge in [0.1, 0.15) is 18.6 Å². The van der Waals surface area contributed by atoms with Crippen LogP contribution in [-0.2, 0) is 19.2 Å². The lowest BCUT2D eigenvalue weighted by molar-refractivity contribution is -0.139. The summed E-state index contributed by atoms with van der Waals surface area (Å²) >= 11 is 1.50. The highest BCUT2D eigenvalue weighted by atomic mass is 32.2. The van der Waals surface area contributed by atoms with Gasteiger partial charge in [0.2, 0.25) is 17.7 Å². The maximum absolute atomic E-state index is 12.2. The Kier molecular flexibility index (Phi) is 11.6. The maximum atomic E-state index is 12.2. The normalized spacial score (nSPS) is 15.3. The molecule has 3 amide bonds. The molecule has 0 aliphatic carbocycles. The van der Waals surface area contributed by atoms with Crippen molar-refractivity contribution in [2.45, 2.75) is 37.6 Å². The van der Waals surface area contributed by atoms with Crippen molar-refractivity contribution in [2.75, 3.05) is 25.2 Å². The van der Waals surface area contributed by atoms with Crippen LogP contribution in [0.4, 0.5) is 0 Å². The second-order valence-corrected chi connectivity index (χ2v) is 6.46. The quantitative estimate of drug-likeness (QED) is 0.177. The Labute approximate surface area is 155 Å². The van der Waals surface area contributed by atoms with E-state index in [4.69, 9.17) is 10.8 Å². The highest BCUT2D eigenvalue weighted by Gasteiger charge is 2.30. The number of carbonyl (C=O) groups is 4. The number of carboxylic acids is 1. The van der Waals surface area contributed by atoms with E-state index in [1.54, 1.807) is 0 Å². The molecule has 4 atom stereocenters. The zero-order valence-electron chi connectivity index (χ0n) is 14.6. The Morgan fingerprint density at radius 2 is 1.73 bits per heavy atom. The molecule has 0 bridgehead atoms. The van der Waals surface area contributed by atoms with Gasteiger partial charge in [-0.15, -0.1) is 0 Å². The number of nitrogens with one attached hydrogen (secondary N) is 3. The molecule has 4 unspecified atom stereocenters. The number of nitrogens with two attached hydrogens (primary N) is 1. The molecule has 0 rings (SSSR count). The van der Waals surface area contributed by atoms with Gasteiger partial charge >= 0.3 is 5.97 Å². The highest BCUT2D eigenvalue weighted by molar-refractivity contribution is 7.98. The molecule has 0 radical (unpaired) electrons. The second kappa shape index (κ2) is 12.5. The van der Waals surface area contributed by atoms with E-state index < -0.39 is 61.1 Å². The molecular weight excluding hydrogens is 368 g/mol. The first-order valence-corrected chi connectivity index (χ1v) is 9.17. The van der Waals surface area contributed by atoms with Gasteiger partial charge in [-0.3, -0.25) is 19.2 Å². The fraction of sp³-hybridized carbons (Fsp3) is 0.714. The monoisotopic (exact) mass is 394 g/mol. The molecule has 0 saturated heterocycles. The van der Waals surface area contributed by atoms with Crippen molar-refractivity contribution in [3.63, 3.8) is 0 Å². The number of thioether (sulfide) groups is 1. The number of rotatable bonds is 12. The van der Waals surface area contributed by atoms with Gasteiger partial charge in [-0.1, -0.05) is 0 Å². The number of amides is 3. The summed E-state index contributed by atoms with van der Waals surface area (Å²) in [5.41, 5.74) is 5.70. The SMILES string of the molecule is CSCCC(N)C(=O)NC(C(=O)NC(CO)C(=O)NCC(=O)O)C(C)O. The van der Waals surface area contributed by atoms with Gasteiger partial charge in [-0.05, 0) is 25.4 Å². The van der Waals surface area contributed by atoms with Crippen molar-refractivity contribution >= 4 is 35.5 Å². The van der Waals surface area contributed by atoms with E-state index in [9.17, 15) is 29.4 Å². The minimum Gasteiger partial charge on any atom is -0.480 e. The summed E-state index contributed by atoms with van der Waals surface area (Å²) in [6, 6.07) is -3.71. The van der Waals surface area contributed by atoms with Gasteiger partial charge in [0, 0.05) is 0 Å². The molecule has 8 N–H and O–H groups in total. The van der Waals surface area contributed by atoms with Gasteiger partial charge in [0.15, 0.2) is 0 Å². The fourth-order valence-corrected chi connectivity index (χ4v) is 2.27. The molecule has 26 heavy (non-hydrogen) atoms. The zero-order chi connectivity index (χ0) is 20.3. The van der Waals surface area contributed by atoms with E-state index in [0.717, 1.165) is 0 Å². The number of aliphatic hydroxyl groups is 2. The average molecular weight is 394 g/mol. The predicted octanol–water partition coefficient (Wildman–Crippen LogP) is -3.39. The van der Waals surface area contributed by atoms with E-state index in [2.05, 4.69) is 10.6 Å². The van der Waals surface area contributed by atoms with Crippen LogP contribution < -0.4 is 21.7 Å². The third kappa shape index (κ3) is 8.99. The van der Waals surface area contributed by atoms with Crippen LogP contribution in [0.5, 0.6) is 0 Å². The smallest absolute Gasteiger partial charge is 0.322 e. The number of hydrogen-bond acceptors (Lipinski definition) is 8. The predicted molar refractivity (Wildman–Crippen MR) is 94.2 cm³/mol. The third-order valence-electron chi connectivity index (χ3n) is 3.26. The second-order valence-electron chi connectivity index (χ2n) is 5.47.